The van der Waals surface area contributed by atoms with Gasteiger partial charge >= 0.3 is 0 Å². The molecular weight excluding hydrogens is 222 g/mol. The standard InChI is InChI=1S/C15H19N3/c1-2-3-9-18-15-7-6-12(10-14(15)16)13-5-4-8-17-11-13/h4-8,10-11,18H,2-3,9,16H2,1H3. The first-order chi connectivity index (χ1) is 8.81. The van der Waals surface area contributed by atoms with Gasteiger partial charge < -0.3 is 11.1 Å². The number of anilines is 2. The topological polar surface area (TPSA) is 50.9 Å². The predicted molar refractivity (Wildman–Crippen MR) is 77.5 cm³/mol. The monoisotopic (exact) mass is 241 g/mol. The van der Waals surface area contributed by atoms with Gasteiger partial charge in [0.05, 0.1) is 11.4 Å². The summed E-state index contributed by atoms with van der Waals surface area (Å²) in [5.41, 5.74) is 10.0. The lowest BCUT2D eigenvalue weighted by atomic mass is 10.1. The molecule has 0 unspecified atom stereocenters. The van der Waals surface area contributed by atoms with Crippen molar-refractivity contribution in [3.05, 3.63) is 42.7 Å². The first-order valence-corrected chi connectivity index (χ1v) is 6.35. The van der Waals surface area contributed by atoms with E-state index in [4.69, 9.17) is 5.73 Å². The number of hydrogen-bond acceptors (Lipinski definition) is 3. The smallest absolute Gasteiger partial charge is 0.0574 e. The van der Waals surface area contributed by atoms with Gasteiger partial charge in [0.15, 0.2) is 0 Å². The molecule has 0 saturated carbocycles. The molecule has 0 aliphatic carbocycles. The molecule has 0 spiro atoms. The molecule has 0 atom stereocenters. The highest BCUT2D eigenvalue weighted by Gasteiger charge is 2.02. The lowest BCUT2D eigenvalue weighted by molar-refractivity contribution is 0.834. The van der Waals surface area contributed by atoms with Crippen LogP contribution in [0, 0.1) is 0 Å². The maximum Gasteiger partial charge on any atom is 0.0574 e. The number of pyridine rings is 1. The molecule has 0 amide bonds. The van der Waals surface area contributed by atoms with Crippen LogP contribution in [0.3, 0.4) is 0 Å². The lowest BCUT2D eigenvalue weighted by Crippen LogP contribution is -2.03. The summed E-state index contributed by atoms with van der Waals surface area (Å²) in [5, 5.41) is 3.35. The molecule has 1 aromatic heterocycles. The van der Waals surface area contributed by atoms with Gasteiger partial charge in [0.1, 0.15) is 0 Å². The van der Waals surface area contributed by atoms with Crippen LogP contribution in [0.2, 0.25) is 0 Å². The molecule has 18 heavy (non-hydrogen) atoms. The normalized spacial score (nSPS) is 10.3. The van der Waals surface area contributed by atoms with Crippen molar-refractivity contribution in [1.82, 2.24) is 4.98 Å². The Bertz CT molecular complexity index is 494. The van der Waals surface area contributed by atoms with Crippen molar-refractivity contribution in [3.63, 3.8) is 0 Å². The molecule has 0 fully saturated rings. The van der Waals surface area contributed by atoms with Crippen molar-refractivity contribution in [2.75, 3.05) is 17.6 Å². The summed E-state index contributed by atoms with van der Waals surface area (Å²) < 4.78 is 0. The third kappa shape index (κ3) is 3.00. The molecule has 0 aliphatic rings. The minimum atomic E-state index is 0.785. The van der Waals surface area contributed by atoms with E-state index in [1.54, 1.807) is 6.20 Å². The molecule has 2 rings (SSSR count). The quantitative estimate of drug-likeness (QED) is 0.622. The van der Waals surface area contributed by atoms with E-state index in [0.29, 0.717) is 0 Å². The Balaban J connectivity index is 2.15. The SMILES string of the molecule is CCCCNc1ccc(-c2cccnc2)cc1N. The molecule has 94 valence electrons. The van der Waals surface area contributed by atoms with Crippen LogP contribution in [0.5, 0.6) is 0 Å². The summed E-state index contributed by atoms with van der Waals surface area (Å²) in [5.74, 6) is 0. The van der Waals surface area contributed by atoms with Crippen molar-refractivity contribution < 1.29 is 0 Å². The Morgan fingerprint density at radius 1 is 1.22 bits per heavy atom. The highest BCUT2D eigenvalue weighted by molar-refractivity contribution is 5.75. The number of rotatable bonds is 5. The maximum atomic E-state index is 6.06. The number of nitrogens with zero attached hydrogens (tertiary/aromatic N) is 1. The van der Waals surface area contributed by atoms with Crippen LogP contribution in [0.25, 0.3) is 11.1 Å². The molecule has 1 heterocycles. The maximum absolute atomic E-state index is 6.06. The van der Waals surface area contributed by atoms with Gasteiger partial charge in [-0.15, -0.1) is 0 Å². The molecule has 3 heteroatoms. The van der Waals surface area contributed by atoms with Crippen LogP contribution in [-0.4, -0.2) is 11.5 Å². The van der Waals surface area contributed by atoms with Crippen molar-refractivity contribution >= 4 is 11.4 Å². The average molecular weight is 241 g/mol. The second kappa shape index (κ2) is 6.05. The zero-order valence-corrected chi connectivity index (χ0v) is 10.7. The van der Waals surface area contributed by atoms with Gasteiger partial charge in [-0.05, 0) is 30.2 Å². The lowest BCUT2D eigenvalue weighted by Gasteiger charge is -2.10. The van der Waals surface area contributed by atoms with Gasteiger partial charge in [-0.3, -0.25) is 4.98 Å². The van der Waals surface area contributed by atoms with Crippen molar-refractivity contribution in [2.24, 2.45) is 0 Å². The van der Waals surface area contributed by atoms with E-state index in [1.807, 2.05) is 30.5 Å². The third-order valence-corrected chi connectivity index (χ3v) is 2.89. The first kappa shape index (κ1) is 12.4. The van der Waals surface area contributed by atoms with Gasteiger partial charge in [0.2, 0.25) is 0 Å². The van der Waals surface area contributed by atoms with E-state index in [9.17, 15) is 0 Å². The van der Waals surface area contributed by atoms with Gasteiger partial charge in [-0.1, -0.05) is 25.5 Å². The second-order valence-corrected chi connectivity index (χ2v) is 4.32. The summed E-state index contributed by atoms with van der Waals surface area (Å²) >= 11 is 0. The van der Waals surface area contributed by atoms with Crippen LogP contribution < -0.4 is 11.1 Å². The minimum Gasteiger partial charge on any atom is -0.397 e. The van der Waals surface area contributed by atoms with Crippen LogP contribution in [0.4, 0.5) is 11.4 Å². The number of aromatic nitrogens is 1. The Morgan fingerprint density at radius 2 is 2.11 bits per heavy atom. The Kier molecular flexibility index (Phi) is 4.18. The van der Waals surface area contributed by atoms with E-state index in [1.165, 1.54) is 6.42 Å². The molecular formula is C15H19N3. The van der Waals surface area contributed by atoms with E-state index in [-0.39, 0.29) is 0 Å². The number of nitrogen functional groups attached to an aromatic ring is 1. The number of hydrogen-bond donors (Lipinski definition) is 2. The molecule has 0 aliphatic heterocycles. The highest BCUT2D eigenvalue weighted by atomic mass is 14.9. The fourth-order valence-corrected chi connectivity index (χ4v) is 1.84. The Morgan fingerprint density at radius 3 is 2.78 bits per heavy atom. The number of benzene rings is 1. The molecule has 3 nitrogen and oxygen atoms in total. The predicted octanol–water partition coefficient (Wildman–Crippen LogP) is 3.54. The number of unbranched alkanes of at least 4 members (excludes halogenated alkanes) is 1. The molecule has 3 N–H and O–H groups in total. The Labute approximate surface area is 108 Å². The summed E-state index contributed by atoms with van der Waals surface area (Å²) in [6.07, 6.45) is 5.96. The van der Waals surface area contributed by atoms with Crippen molar-refractivity contribution in [3.8, 4) is 11.1 Å². The molecule has 0 saturated heterocycles. The zero-order valence-electron chi connectivity index (χ0n) is 10.7. The number of nitrogens with one attached hydrogen (secondary N) is 1. The minimum absolute atomic E-state index is 0.785. The summed E-state index contributed by atoms with van der Waals surface area (Å²) in [6.45, 7) is 3.14. The fraction of sp³-hybridized carbons (Fsp3) is 0.267. The second-order valence-electron chi connectivity index (χ2n) is 4.32. The van der Waals surface area contributed by atoms with Gasteiger partial charge in [0.25, 0.3) is 0 Å². The third-order valence-electron chi connectivity index (χ3n) is 2.89. The van der Waals surface area contributed by atoms with Crippen molar-refractivity contribution in [1.29, 1.82) is 0 Å². The Hall–Kier alpha value is -2.03. The average Bonchev–Trinajstić information content (AvgIpc) is 2.42. The summed E-state index contributed by atoms with van der Waals surface area (Å²) in [4.78, 5) is 4.12. The van der Waals surface area contributed by atoms with Crippen LogP contribution in [0.15, 0.2) is 42.7 Å². The van der Waals surface area contributed by atoms with Gasteiger partial charge in [-0.2, -0.15) is 0 Å². The number of nitrogens with two attached hydrogens (primary N) is 1. The molecule has 0 bridgehead atoms. The van der Waals surface area contributed by atoms with Crippen LogP contribution in [-0.2, 0) is 0 Å². The molecule has 2 aromatic rings. The van der Waals surface area contributed by atoms with Gasteiger partial charge in [-0.25, -0.2) is 0 Å². The van der Waals surface area contributed by atoms with Gasteiger partial charge in [0, 0.05) is 24.5 Å². The summed E-state index contributed by atoms with van der Waals surface area (Å²) in [6, 6.07) is 10.1. The molecule has 1 aromatic carbocycles. The van der Waals surface area contributed by atoms with E-state index in [2.05, 4.69) is 23.3 Å². The highest BCUT2D eigenvalue weighted by Crippen LogP contribution is 2.26. The van der Waals surface area contributed by atoms with Crippen molar-refractivity contribution in [2.45, 2.75) is 19.8 Å². The van der Waals surface area contributed by atoms with Crippen LogP contribution >= 0.6 is 0 Å². The summed E-state index contributed by atoms with van der Waals surface area (Å²) in [7, 11) is 0. The fourth-order valence-electron chi connectivity index (χ4n) is 1.84. The van der Waals surface area contributed by atoms with E-state index < -0.39 is 0 Å². The molecule has 0 radical (unpaired) electrons. The zero-order chi connectivity index (χ0) is 12.8. The van der Waals surface area contributed by atoms with E-state index >= 15 is 0 Å². The largest absolute Gasteiger partial charge is 0.397 e. The van der Waals surface area contributed by atoms with Crippen LogP contribution in [0.1, 0.15) is 19.8 Å². The van der Waals surface area contributed by atoms with E-state index in [0.717, 1.165) is 35.5 Å². The first-order valence-electron chi connectivity index (χ1n) is 6.35.